The second-order valence-corrected chi connectivity index (χ2v) is 8.28. The Morgan fingerprint density at radius 3 is 2.45 bits per heavy atom. The van der Waals surface area contributed by atoms with Gasteiger partial charge in [-0.05, 0) is 58.6 Å². The van der Waals surface area contributed by atoms with Gasteiger partial charge in [0.15, 0.2) is 0 Å². The van der Waals surface area contributed by atoms with Crippen LogP contribution >= 0.6 is 15.9 Å². The van der Waals surface area contributed by atoms with Crippen LogP contribution in [0.4, 0.5) is 0 Å². The summed E-state index contributed by atoms with van der Waals surface area (Å²) in [5, 5.41) is 3.00. The van der Waals surface area contributed by atoms with E-state index in [4.69, 9.17) is 4.74 Å². The lowest BCUT2D eigenvalue weighted by molar-refractivity contribution is 0.0939. The fourth-order valence-corrected chi connectivity index (χ4v) is 3.76. The maximum Gasteiger partial charge on any atom is 0.330 e. The number of benzene rings is 2. The minimum atomic E-state index is -0.363. The Labute approximate surface area is 188 Å². The molecule has 1 heterocycles. The van der Waals surface area contributed by atoms with E-state index in [1.165, 1.54) is 11.6 Å². The fraction of sp³-hybridized carbons (Fsp3) is 0.261. The van der Waals surface area contributed by atoms with Crippen LogP contribution in [0.2, 0.25) is 0 Å². The van der Waals surface area contributed by atoms with Crippen molar-refractivity contribution in [2.24, 2.45) is 14.1 Å². The van der Waals surface area contributed by atoms with Crippen LogP contribution < -0.4 is 21.3 Å². The van der Waals surface area contributed by atoms with Crippen molar-refractivity contribution in [3.05, 3.63) is 85.1 Å². The topological polar surface area (TPSA) is 82.3 Å². The first-order chi connectivity index (χ1) is 14.7. The van der Waals surface area contributed by atoms with Gasteiger partial charge in [0.25, 0.3) is 11.5 Å². The third-order valence-corrected chi connectivity index (χ3v) is 5.74. The standard InChI is InChI=1S/C23H24BrN3O4/c1-14(25-21(28)18-12-17(31-4)9-10-20(18)24)11-15-5-7-16(8-6-15)19-13-26(2)23(30)27(3)22(19)29/h5-10,12-14H,11H2,1-4H3,(H,25,28). The molecular formula is C23H24BrN3O4. The third kappa shape index (κ3) is 4.96. The van der Waals surface area contributed by atoms with Gasteiger partial charge < -0.3 is 14.6 Å². The average Bonchev–Trinajstić information content (AvgIpc) is 2.75. The Balaban J connectivity index is 1.72. The van der Waals surface area contributed by atoms with Gasteiger partial charge >= 0.3 is 5.69 Å². The molecule has 1 atom stereocenters. The fourth-order valence-electron chi connectivity index (χ4n) is 3.34. The van der Waals surface area contributed by atoms with Crippen LogP contribution in [0.15, 0.2) is 62.7 Å². The molecule has 0 spiro atoms. The minimum Gasteiger partial charge on any atom is -0.497 e. The molecule has 0 radical (unpaired) electrons. The number of hydrogen-bond acceptors (Lipinski definition) is 4. The molecule has 162 valence electrons. The zero-order valence-electron chi connectivity index (χ0n) is 17.8. The van der Waals surface area contributed by atoms with Crippen molar-refractivity contribution in [3.63, 3.8) is 0 Å². The first-order valence-electron chi connectivity index (χ1n) is 9.71. The molecule has 1 unspecified atom stereocenters. The van der Waals surface area contributed by atoms with E-state index < -0.39 is 0 Å². The summed E-state index contributed by atoms with van der Waals surface area (Å²) in [4.78, 5) is 36.9. The number of halogens is 1. The summed E-state index contributed by atoms with van der Waals surface area (Å²) < 4.78 is 8.37. The van der Waals surface area contributed by atoms with Crippen molar-refractivity contribution in [2.45, 2.75) is 19.4 Å². The van der Waals surface area contributed by atoms with Crippen LogP contribution in [0.1, 0.15) is 22.8 Å². The lowest BCUT2D eigenvalue weighted by atomic mass is 10.0. The Morgan fingerprint density at radius 1 is 1.13 bits per heavy atom. The predicted molar refractivity (Wildman–Crippen MR) is 124 cm³/mol. The quantitative estimate of drug-likeness (QED) is 0.581. The van der Waals surface area contributed by atoms with Gasteiger partial charge in [-0.15, -0.1) is 0 Å². The highest BCUT2D eigenvalue weighted by Gasteiger charge is 2.15. The molecule has 3 aromatic rings. The number of ether oxygens (including phenoxy) is 1. The number of nitrogens with one attached hydrogen (secondary N) is 1. The number of amides is 1. The Kier molecular flexibility index (Phi) is 6.80. The number of aryl methyl sites for hydroxylation is 1. The normalized spacial score (nSPS) is 11.8. The number of aromatic nitrogens is 2. The van der Waals surface area contributed by atoms with Crippen LogP contribution in [0.5, 0.6) is 5.75 Å². The molecule has 0 aliphatic carbocycles. The zero-order valence-corrected chi connectivity index (χ0v) is 19.4. The summed E-state index contributed by atoms with van der Waals surface area (Å²) in [5.41, 5.74) is 2.02. The van der Waals surface area contributed by atoms with Crippen LogP contribution in [0, 0.1) is 0 Å². The first kappa shape index (κ1) is 22.6. The van der Waals surface area contributed by atoms with E-state index in [0.29, 0.717) is 27.8 Å². The highest BCUT2D eigenvalue weighted by atomic mass is 79.9. The van der Waals surface area contributed by atoms with Gasteiger partial charge in [0, 0.05) is 30.8 Å². The Bertz CT molecular complexity index is 1230. The van der Waals surface area contributed by atoms with Crippen LogP contribution in [-0.2, 0) is 20.5 Å². The van der Waals surface area contributed by atoms with Gasteiger partial charge in [0.05, 0.1) is 18.2 Å². The molecule has 8 heteroatoms. The highest BCUT2D eigenvalue weighted by molar-refractivity contribution is 9.10. The molecule has 1 N–H and O–H groups in total. The molecule has 1 amide bonds. The van der Waals surface area contributed by atoms with Crippen molar-refractivity contribution in [3.8, 4) is 16.9 Å². The van der Waals surface area contributed by atoms with Crippen molar-refractivity contribution >= 4 is 21.8 Å². The van der Waals surface area contributed by atoms with Gasteiger partial charge in [0.2, 0.25) is 0 Å². The lowest BCUT2D eigenvalue weighted by Crippen LogP contribution is -2.37. The van der Waals surface area contributed by atoms with Gasteiger partial charge in [-0.2, -0.15) is 0 Å². The van der Waals surface area contributed by atoms with Crippen LogP contribution in [-0.4, -0.2) is 28.2 Å². The van der Waals surface area contributed by atoms with E-state index in [0.717, 1.165) is 15.7 Å². The molecule has 0 aliphatic heterocycles. The van der Waals surface area contributed by atoms with Crippen molar-refractivity contribution in [1.29, 1.82) is 0 Å². The summed E-state index contributed by atoms with van der Waals surface area (Å²) in [6, 6.07) is 12.7. The van der Waals surface area contributed by atoms with E-state index in [1.807, 2.05) is 31.2 Å². The predicted octanol–water partition coefficient (Wildman–Crippen LogP) is 2.88. The molecule has 0 aliphatic rings. The number of carbonyl (C=O) groups is 1. The van der Waals surface area contributed by atoms with Gasteiger partial charge in [-0.25, -0.2) is 4.79 Å². The third-order valence-electron chi connectivity index (χ3n) is 5.05. The highest BCUT2D eigenvalue weighted by Crippen LogP contribution is 2.23. The lowest BCUT2D eigenvalue weighted by Gasteiger charge is -2.15. The summed E-state index contributed by atoms with van der Waals surface area (Å²) in [7, 11) is 4.64. The minimum absolute atomic E-state index is 0.109. The second-order valence-electron chi connectivity index (χ2n) is 7.42. The molecule has 0 saturated carbocycles. The van der Waals surface area contributed by atoms with E-state index in [1.54, 1.807) is 38.6 Å². The van der Waals surface area contributed by atoms with Crippen LogP contribution in [0.25, 0.3) is 11.1 Å². The van der Waals surface area contributed by atoms with E-state index in [-0.39, 0.29) is 23.2 Å². The Hall–Kier alpha value is -3.13. The molecule has 3 rings (SSSR count). The number of rotatable bonds is 6. The van der Waals surface area contributed by atoms with Crippen molar-refractivity contribution < 1.29 is 9.53 Å². The van der Waals surface area contributed by atoms with E-state index in [9.17, 15) is 14.4 Å². The smallest absolute Gasteiger partial charge is 0.330 e. The zero-order chi connectivity index (χ0) is 22.7. The van der Waals surface area contributed by atoms with Gasteiger partial charge in [-0.1, -0.05) is 24.3 Å². The first-order valence-corrected chi connectivity index (χ1v) is 10.5. The van der Waals surface area contributed by atoms with Gasteiger partial charge in [-0.3, -0.25) is 14.2 Å². The summed E-state index contributed by atoms with van der Waals surface area (Å²) in [5.74, 6) is 0.421. The SMILES string of the molecule is COc1ccc(Br)c(C(=O)NC(C)Cc2ccc(-c3cn(C)c(=O)n(C)c3=O)cc2)c1. The average molecular weight is 486 g/mol. The number of carbonyl (C=O) groups excluding carboxylic acids is 1. The maximum atomic E-state index is 12.6. The molecule has 0 fully saturated rings. The second kappa shape index (κ2) is 9.34. The molecule has 2 aromatic carbocycles. The van der Waals surface area contributed by atoms with Crippen molar-refractivity contribution in [2.75, 3.05) is 7.11 Å². The van der Waals surface area contributed by atoms with Gasteiger partial charge in [0.1, 0.15) is 5.75 Å². The Morgan fingerprint density at radius 2 is 1.81 bits per heavy atom. The summed E-state index contributed by atoms with van der Waals surface area (Å²) in [6.07, 6.45) is 2.17. The largest absolute Gasteiger partial charge is 0.497 e. The number of methoxy groups -OCH3 is 1. The summed E-state index contributed by atoms with van der Waals surface area (Å²) >= 11 is 3.40. The summed E-state index contributed by atoms with van der Waals surface area (Å²) in [6.45, 7) is 1.93. The molecular weight excluding hydrogens is 462 g/mol. The maximum absolute atomic E-state index is 12.6. The van der Waals surface area contributed by atoms with Crippen molar-refractivity contribution in [1.82, 2.24) is 14.5 Å². The monoisotopic (exact) mass is 485 g/mol. The number of hydrogen-bond donors (Lipinski definition) is 1. The molecule has 31 heavy (non-hydrogen) atoms. The molecule has 0 saturated heterocycles. The molecule has 1 aromatic heterocycles. The van der Waals surface area contributed by atoms with Crippen LogP contribution in [0.3, 0.4) is 0 Å². The molecule has 0 bridgehead atoms. The number of nitrogens with zero attached hydrogens (tertiary/aromatic N) is 2. The molecule has 7 nitrogen and oxygen atoms in total. The van der Waals surface area contributed by atoms with E-state index >= 15 is 0 Å². The van der Waals surface area contributed by atoms with E-state index in [2.05, 4.69) is 21.2 Å².